The number of aliphatic hydroxyl groups is 1. The third kappa shape index (κ3) is 6.24. The summed E-state index contributed by atoms with van der Waals surface area (Å²) in [5.41, 5.74) is 0.895. The van der Waals surface area contributed by atoms with Gasteiger partial charge >= 0.3 is 6.03 Å². The van der Waals surface area contributed by atoms with Crippen LogP contribution in [0.4, 0.5) is 4.79 Å². The van der Waals surface area contributed by atoms with Gasteiger partial charge in [0.05, 0.1) is 12.2 Å². The number of H-pyrrole nitrogens is 1. The predicted molar refractivity (Wildman–Crippen MR) is 73.6 cm³/mol. The SMILES string of the molecule is CC(C)(C)CN(CCCO)C(=O)NCc1ccn[nH]1. The minimum atomic E-state index is -0.113. The summed E-state index contributed by atoms with van der Waals surface area (Å²) in [4.78, 5) is 13.9. The Hall–Kier alpha value is -1.56. The second-order valence-corrected chi connectivity index (χ2v) is 5.80. The fourth-order valence-corrected chi connectivity index (χ4v) is 1.75. The number of carbonyl (C=O) groups is 1. The second-order valence-electron chi connectivity index (χ2n) is 5.80. The normalized spacial score (nSPS) is 11.4. The van der Waals surface area contributed by atoms with Crippen molar-refractivity contribution in [2.75, 3.05) is 19.7 Å². The van der Waals surface area contributed by atoms with Gasteiger partial charge in [-0.2, -0.15) is 5.10 Å². The van der Waals surface area contributed by atoms with Gasteiger partial charge in [0, 0.05) is 25.9 Å². The van der Waals surface area contributed by atoms with E-state index in [1.54, 1.807) is 11.1 Å². The molecule has 0 aliphatic rings. The Bertz CT molecular complexity index is 370. The van der Waals surface area contributed by atoms with Gasteiger partial charge in [0.1, 0.15) is 0 Å². The zero-order valence-electron chi connectivity index (χ0n) is 11.9. The average molecular weight is 268 g/mol. The molecule has 2 amide bonds. The van der Waals surface area contributed by atoms with Crippen LogP contribution in [0.5, 0.6) is 0 Å². The van der Waals surface area contributed by atoms with Crippen LogP contribution in [0, 0.1) is 5.41 Å². The molecule has 0 fully saturated rings. The molecule has 3 N–H and O–H groups in total. The van der Waals surface area contributed by atoms with Crippen molar-refractivity contribution >= 4 is 6.03 Å². The van der Waals surface area contributed by atoms with Gasteiger partial charge in [-0.3, -0.25) is 5.10 Å². The van der Waals surface area contributed by atoms with Crippen LogP contribution in [-0.2, 0) is 6.54 Å². The molecule has 1 aromatic rings. The molecule has 6 heteroatoms. The van der Waals surface area contributed by atoms with Gasteiger partial charge in [-0.1, -0.05) is 20.8 Å². The van der Waals surface area contributed by atoms with Crippen molar-refractivity contribution < 1.29 is 9.90 Å². The number of aromatic amines is 1. The van der Waals surface area contributed by atoms with E-state index in [9.17, 15) is 4.79 Å². The third-order valence-electron chi connectivity index (χ3n) is 2.53. The van der Waals surface area contributed by atoms with Gasteiger partial charge in [0.25, 0.3) is 0 Å². The molecule has 0 aromatic carbocycles. The fourth-order valence-electron chi connectivity index (χ4n) is 1.75. The van der Waals surface area contributed by atoms with Gasteiger partial charge < -0.3 is 15.3 Å². The van der Waals surface area contributed by atoms with Crippen LogP contribution in [0.2, 0.25) is 0 Å². The van der Waals surface area contributed by atoms with E-state index in [2.05, 4.69) is 36.3 Å². The van der Waals surface area contributed by atoms with Crippen LogP contribution in [0.1, 0.15) is 32.9 Å². The van der Waals surface area contributed by atoms with Crippen LogP contribution >= 0.6 is 0 Å². The maximum Gasteiger partial charge on any atom is 0.317 e. The molecule has 0 aliphatic heterocycles. The Kier molecular flexibility index (Phi) is 5.82. The zero-order chi connectivity index (χ0) is 14.3. The number of hydrogen-bond donors (Lipinski definition) is 3. The lowest BCUT2D eigenvalue weighted by Gasteiger charge is -2.30. The molecule has 108 valence electrons. The monoisotopic (exact) mass is 268 g/mol. The van der Waals surface area contributed by atoms with E-state index in [0.717, 1.165) is 5.69 Å². The summed E-state index contributed by atoms with van der Waals surface area (Å²) in [5.74, 6) is 0. The molecule has 0 saturated heterocycles. The summed E-state index contributed by atoms with van der Waals surface area (Å²) in [6, 6.07) is 1.71. The van der Waals surface area contributed by atoms with Crippen LogP contribution in [-0.4, -0.2) is 45.9 Å². The van der Waals surface area contributed by atoms with E-state index < -0.39 is 0 Å². The smallest absolute Gasteiger partial charge is 0.317 e. The number of rotatable bonds is 6. The van der Waals surface area contributed by atoms with Crippen LogP contribution in [0.3, 0.4) is 0 Å². The lowest BCUT2D eigenvalue weighted by Crippen LogP contribution is -2.44. The molecule has 1 rings (SSSR count). The number of aliphatic hydroxyl groups excluding tert-OH is 1. The van der Waals surface area contributed by atoms with Gasteiger partial charge in [0.15, 0.2) is 0 Å². The molecule has 1 heterocycles. The van der Waals surface area contributed by atoms with Crippen molar-refractivity contribution in [3.63, 3.8) is 0 Å². The topological polar surface area (TPSA) is 81.2 Å². The average Bonchev–Trinajstić information content (AvgIpc) is 2.83. The Morgan fingerprint density at radius 2 is 2.26 bits per heavy atom. The molecule has 0 bridgehead atoms. The lowest BCUT2D eigenvalue weighted by atomic mass is 9.96. The van der Waals surface area contributed by atoms with E-state index in [1.807, 2.05) is 6.07 Å². The highest BCUT2D eigenvalue weighted by Gasteiger charge is 2.20. The van der Waals surface area contributed by atoms with E-state index >= 15 is 0 Å². The van der Waals surface area contributed by atoms with Gasteiger partial charge in [-0.15, -0.1) is 0 Å². The minimum absolute atomic E-state index is 0.0286. The van der Waals surface area contributed by atoms with Gasteiger partial charge in [0.2, 0.25) is 0 Å². The Balaban J connectivity index is 2.50. The predicted octanol–water partition coefficient (Wildman–Crippen LogP) is 1.35. The largest absolute Gasteiger partial charge is 0.396 e. The first-order valence-corrected chi connectivity index (χ1v) is 6.54. The number of urea groups is 1. The zero-order valence-corrected chi connectivity index (χ0v) is 11.9. The number of aromatic nitrogens is 2. The first kappa shape index (κ1) is 15.5. The summed E-state index contributed by atoms with van der Waals surface area (Å²) >= 11 is 0. The molecular formula is C13H24N4O2. The number of hydrogen-bond acceptors (Lipinski definition) is 3. The highest BCUT2D eigenvalue weighted by molar-refractivity contribution is 5.74. The van der Waals surface area contributed by atoms with Gasteiger partial charge in [-0.05, 0) is 17.9 Å². The van der Waals surface area contributed by atoms with E-state index in [0.29, 0.717) is 26.1 Å². The number of nitrogens with zero attached hydrogens (tertiary/aromatic N) is 2. The fraction of sp³-hybridized carbons (Fsp3) is 0.692. The van der Waals surface area contributed by atoms with Crippen molar-refractivity contribution in [1.29, 1.82) is 0 Å². The summed E-state index contributed by atoms with van der Waals surface area (Å²) in [6.07, 6.45) is 2.24. The maximum atomic E-state index is 12.1. The number of amides is 2. The molecule has 1 aromatic heterocycles. The first-order chi connectivity index (χ1) is 8.92. The van der Waals surface area contributed by atoms with Crippen molar-refractivity contribution in [1.82, 2.24) is 20.4 Å². The first-order valence-electron chi connectivity index (χ1n) is 6.54. The van der Waals surface area contributed by atoms with Crippen LogP contribution < -0.4 is 5.32 Å². The highest BCUT2D eigenvalue weighted by atomic mass is 16.3. The van der Waals surface area contributed by atoms with Crippen molar-refractivity contribution in [2.24, 2.45) is 5.41 Å². The number of nitrogens with one attached hydrogen (secondary N) is 2. The van der Waals surface area contributed by atoms with Crippen molar-refractivity contribution in [3.8, 4) is 0 Å². The lowest BCUT2D eigenvalue weighted by molar-refractivity contribution is 0.164. The van der Waals surface area contributed by atoms with Crippen molar-refractivity contribution in [2.45, 2.75) is 33.7 Å². The molecule has 6 nitrogen and oxygen atoms in total. The molecule has 0 atom stereocenters. The Morgan fingerprint density at radius 1 is 1.53 bits per heavy atom. The standard InChI is InChI=1S/C13H24N4O2/c1-13(2,3)10-17(7-4-8-18)12(19)14-9-11-5-6-15-16-11/h5-6,18H,4,7-10H2,1-3H3,(H,14,19)(H,15,16). The van der Waals surface area contributed by atoms with Gasteiger partial charge in [-0.25, -0.2) is 4.79 Å². The minimum Gasteiger partial charge on any atom is -0.396 e. The summed E-state index contributed by atoms with van der Waals surface area (Å²) in [6.45, 7) is 7.99. The summed E-state index contributed by atoms with van der Waals surface area (Å²) < 4.78 is 0. The molecule has 0 unspecified atom stereocenters. The van der Waals surface area contributed by atoms with E-state index in [4.69, 9.17) is 5.11 Å². The quantitative estimate of drug-likeness (QED) is 0.728. The Morgan fingerprint density at radius 3 is 2.79 bits per heavy atom. The molecule has 0 aliphatic carbocycles. The molecule has 0 spiro atoms. The molecule has 0 radical (unpaired) electrons. The van der Waals surface area contributed by atoms with E-state index in [1.165, 1.54) is 0 Å². The number of carbonyl (C=O) groups excluding carboxylic acids is 1. The molecule has 0 saturated carbocycles. The maximum absolute atomic E-state index is 12.1. The summed E-state index contributed by atoms with van der Waals surface area (Å²) in [5, 5.41) is 18.4. The van der Waals surface area contributed by atoms with Crippen LogP contribution in [0.15, 0.2) is 12.3 Å². The molecular weight excluding hydrogens is 244 g/mol. The van der Waals surface area contributed by atoms with Crippen LogP contribution in [0.25, 0.3) is 0 Å². The summed E-state index contributed by atoms with van der Waals surface area (Å²) in [7, 11) is 0. The second kappa shape index (κ2) is 7.13. The van der Waals surface area contributed by atoms with Crippen molar-refractivity contribution in [3.05, 3.63) is 18.0 Å². The third-order valence-corrected chi connectivity index (χ3v) is 2.53. The van der Waals surface area contributed by atoms with E-state index in [-0.39, 0.29) is 18.1 Å². The molecule has 19 heavy (non-hydrogen) atoms. The highest BCUT2D eigenvalue weighted by Crippen LogP contribution is 2.15. The Labute approximate surface area is 114 Å².